The Labute approximate surface area is 187 Å². The highest BCUT2D eigenvalue weighted by atomic mass is 15.2. The number of likely N-dealkylation sites (tertiary alicyclic amines) is 1. The molecule has 0 amide bonds. The molecule has 5 rings (SSSR count). The predicted molar refractivity (Wildman–Crippen MR) is 131 cm³/mol. The number of hydrogen-bond donors (Lipinski definition) is 1. The van der Waals surface area contributed by atoms with Crippen LogP contribution in [0.2, 0.25) is 0 Å². The van der Waals surface area contributed by atoms with Gasteiger partial charge in [0, 0.05) is 33.9 Å². The summed E-state index contributed by atoms with van der Waals surface area (Å²) in [4.78, 5) is 11.1. The topological polar surface area (TPSA) is 31.9 Å². The smallest absolute Gasteiger partial charge is 0.0501 e. The number of aryl methyl sites for hydroxylation is 2. The van der Waals surface area contributed by atoms with Gasteiger partial charge in [-0.15, -0.1) is 0 Å². The Morgan fingerprint density at radius 2 is 1.61 bits per heavy atom. The number of fused-ring (bicyclic) bond motifs is 1. The molecule has 2 fully saturated rings. The molecule has 1 aliphatic heterocycles. The Bertz CT molecular complexity index is 1040. The molecule has 3 nitrogen and oxygen atoms in total. The van der Waals surface area contributed by atoms with Crippen molar-refractivity contribution in [1.82, 2.24) is 14.9 Å². The van der Waals surface area contributed by atoms with Crippen LogP contribution in [0.5, 0.6) is 0 Å². The van der Waals surface area contributed by atoms with Gasteiger partial charge in [-0.2, -0.15) is 0 Å². The largest absolute Gasteiger partial charge is 0.354 e. The molecule has 1 saturated heterocycles. The summed E-state index contributed by atoms with van der Waals surface area (Å²) >= 11 is 0. The maximum absolute atomic E-state index is 4.58. The monoisotopic (exact) mass is 415 g/mol. The van der Waals surface area contributed by atoms with Gasteiger partial charge in [-0.25, -0.2) is 0 Å². The lowest BCUT2D eigenvalue weighted by Gasteiger charge is -2.36. The summed E-state index contributed by atoms with van der Waals surface area (Å²) < 4.78 is 0. The number of hydrogen-bond acceptors (Lipinski definition) is 2. The van der Waals surface area contributed by atoms with Crippen LogP contribution in [0.1, 0.15) is 86.7 Å². The van der Waals surface area contributed by atoms with Gasteiger partial charge in [-0.1, -0.05) is 32.8 Å². The number of nitrogens with one attached hydrogen (secondary N) is 1. The van der Waals surface area contributed by atoms with Gasteiger partial charge in [0.15, 0.2) is 0 Å². The summed E-state index contributed by atoms with van der Waals surface area (Å²) in [5.41, 5.74) is 8.94. The molecule has 2 aromatic heterocycles. The highest BCUT2D eigenvalue weighted by Crippen LogP contribution is 2.39. The standard InChI is InChI=1S/C28H37N3/c1-18(2)27-25-17-22(21-11-13-31(14-12-21)24-7-5-6-8-24)9-10-26(25)30-28(27)23-15-19(3)29-20(4)16-23/h9-10,15-18,21,24,30H,5-8,11-14H2,1-4H3. The number of rotatable bonds is 4. The maximum atomic E-state index is 4.58. The van der Waals surface area contributed by atoms with Gasteiger partial charge in [0.2, 0.25) is 0 Å². The summed E-state index contributed by atoms with van der Waals surface area (Å²) in [6, 6.07) is 12.5. The van der Waals surface area contributed by atoms with Crippen molar-refractivity contribution < 1.29 is 0 Å². The fraction of sp³-hybridized carbons (Fsp3) is 0.536. The first-order valence-electron chi connectivity index (χ1n) is 12.3. The van der Waals surface area contributed by atoms with Crippen molar-refractivity contribution in [2.24, 2.45) is 0 Å². The summed E-state index contributed by atoms with van der Waals surface area (Å²) in [7, 11) is 0. The SMILES string of the molecule is Cc1cc(-c2[nH]c3ccc(C4CCN(C5CCCC5)CC4)cc3c2C(C)C)cc(C)n1. The molecule has 3 heteroatoms. The minimum absolute atomic E-state index is 0.469. The van der Waals surface area contributed by atoms with Crippen molar-refractivity contribution in [1.29, 1.82) is 0 Å². The lowest BCUT2D eigenvalue weighted by molar-refractivity contribution is 0.154. The zero-order chi connectivity index (χ0) is 21.5. The molecule has 0 bridgehead atoms. The van der Waals surface area contributed by atoms with Crippen LogP contribution < -0.4 is 0 Å². The van der Waals surface area contributed by atoms with E-state index in [2.05, 4.69) is 72.9 Å². The third-order valence-corrected chi connectivity index (χ3v) is 7.65. The van der Waals surface area contributed by atoms with Crippen molar-refractivity contribution in [2.75, 3.05) is 13.1 Å². The van der Waals surface area contributed by atoms with Crippen molar-refractivity contribution >= 4 is 10.9 Å². The number of benzene rings is 1. The van der Waals surface area contributed by atoms with Crippen LogP contribution in [0.3, 0.4) is 0 Å². The Balaban J connectivity index is 1.46. The van der Waals surface area contributed by atoms with Gasteiger partial charge < -0.3 is 9.88 Å². The van der Waals surface area contributed by atoms with E-state index in [0.29, 0.717) is 11.8 Å². The lowest BCUT2D eigenvalue weighted by atomic mass is 9.87. The van der Waals surface area contributed by atoms with E-state index in [0.717, 1.165) is 17.4 Å². The minimum Gasteiger partial charge on any atom is -0.354 e. The molecule has 1 N–H and O–H groups in total. The highest BCUT2D eigenvalue weighted by Gasteiger charge is 2.28. The minimum atomic E-state index is 0.469. The molecule has 0 spiro atoms. The van der Waals surface area contributed by atoms with Crippen molar-refractivity contribution in [3.05, 3.63) is 52.8 Å². The van der Waals surface area contributed by atoms with Crippen molar-refractivity contribution in [2.45, 2.75) is 84.1 Å². The second-order valence-corrected chi connectivity index (χ2v) is 10.3. The first-order valence-corrected chi connectivity index (χ1v) is 12.3. The molecule has 3 heterocycles. The third kappa shape index (κ3) is 4.05. The summed E-state index contributed by atoms with van der Waals surface area (Å²) in [6.07, 6.45) is 8.33. The van der Waals surface area contributed by atoms with E-state index in [-0.39, 0.29) is 0 Å². The van der Waals surface area contributed by atoms with E-state index < -0.39 is 0 Å². The Hall–Kier alpha value is -2.13. The zero-order valence-corrected chi connectivity index (χ0v) is 19.7. The molecule has 1 aliphatic carbocycles. The number of aromatic amines is 1. The molecule has 2 aliphatic rings. The van der Waals surface area contributed by atoms with Gasteiger partial charge in [0.1, 0.15) is 0 Å². The highest BCUT2D eigenvalue weighted by molar-refractivity contribution is 5.92. The Morgan fingerprint density at radius 1 is 0.935 bits per heavy atom. The van der Waals surface area contributed by atoms with E-state index in [4.69, 9.17) is 0 Å². The first kappa shape index (κ1) is 20.8. The number of aromatic nitrogens is 2. The zero-order valence-electron chi connectivity index (χ0n) is 19.7. The van der Waals surface area contributed by atoms with E-state index >= 15 is 0 Å². The molecular formula is C28H37N3. The van der Waals surface area contributed by atoms with E-state index in [1.165, 1.54) is 84.9 Å². The molecular weight excluding hydrogens is 378 g/mol. The van der Waals surface area contributed by atoms with E-state index in [9.17, 15) is 0 Å². The average Bonchev–Trinajstić information content (AvgIpc) is 3.41. The van der Waals surface area contributed by atoms with Crippen LogP contribution in [0, 0.1) is 13.8 Å². The van der Waals surface area contributed by atoms with Gasteiger partial charge in [-0.3, -0.25) is 4.98 Å². The molecule has 31 heavy (non-hydrogen) atoms. The Kier molecular flexibility index (Phi) is 5.64. The van der Waals surface area contributed by atoms with Crippen LogP contribution in [-0.2, 0) is 0 Å². The number of H-pyrrole nitrogens is 1. The van der Waals surface area contributed by atoms with E-state index in [1.54, 1.807) is 0 Å². The predicted octanol–water partition coefficient (Wildman–Crippen LogP) is 7.09. The van der Waals surface area contributed by atoms with E-state index in [1.807, 2.05) is 0 Å². The Morgan fingerprint density at radius 3 is 2.26 bits per heavy atom. The second kappa shape index (κ2) is 8.43. The third-order valence-electron chi connectivity index (χ3n) is 7.65. The fourth-order valence-electron chi connectivity index (χ4n) is 6.16. The van der Waals surface area contributed by atoms with Gasteiger partial charge in [0.05, 0.1) is 5.69 Å². The summed E-state index contributed by atoms with van der Waals surface area (Å²) in [6.45, 7) is 11.4. The normalized spacial score (nSPS) is 19.1. The van der Waals surface area contributed by atoms with Crippen LogP contribution >= 0.6 is 0 Å². The fourth-order valence-corrected chi connectivity index (χ4v) is 6.16. The quantitative estimate of drug-likeness (QED) is 0.493. The van der Waals surface area contributed by atoms with Gasteiger partial charge in [-0.05, 0) is 99.8 Å². The molecule has 1 aromatic carbocycles. The molecule has 0 unspecified atom stereocenters. The maximum Gasteiger partial charge on any atom is 0.0501 e. The molecule has 3 aromatic rings. The number of pyridine rings is 1. The molecule has 0 atom stereocenters. The molecule has 164 valence electrons. The van der Waals surface area contributed by atoms with Crippen molar-refractivity contribution in [3.63, 3.8) is 0 Å². The first-order chi connectivity index (χ1) is 15.0. The number of piperidine rings is 1. The average molecular weight is 416 g/mol. The second-order valence-electron chi connectivity index (χ2n) is 10.3. The summed E-state index contributed by atoms with van der Waals surface area (Å²) in [5.74, 6) is 1.17. The molecule has 0 radical (unpaired) electrons. The van der Waals surface area contributed by atoms with Crippen LogP contribution in [-0.4, -0.2) is 34.0 Å². The van der Waals surface area contributed by atoms with Gasteiger partial charge in [0.25, 0.3) is 0 Å². The van der Waals surface area contributed by atoms with Crippen molar-refractivity contribution in [3.8, 4) is 11.3 Å². The number of nitrogens with zero attached hydrogens (tertiary/aromatic N) is 2. The van der Waals surface area contributed by atoms with Crippen LogP contribution in [0.15, 0.2) is 30.3 Å². The van der Waals surface area contributed by atoms with Crippen LogP contribution in [0.25, 0.3) is 22.2 Å². The lowest BCUT2D eigenvalue weighted by Crippen LogP contribution is -2.39. The van der Waals surface area contributed by atoms with Gasteiger partial charge >= 0.3 is 0 Å². The molecule has 1 saturated carbocycles. The van der Waals surface area contributed by atoms with Crippen LogP contribution in [0.4, 0.5) is 0 Å². The summed E-state index contributed by atoms with van der Waals surface area (Å²) in [5, 5.41) is 1.41.